The van der Waals surface area contributed by atoms with Crippen molar-refractivity contribution < 1.29 is 64.1 Å². The first-order valence-electron chi connectivity index (χ1n) is 23.0. The molecule has 398 valence electrons. The lowest BCUT2D eigenvalue weighted by atomic mass is 10.1. The molecule has 3 aromatic carbocycles. The maximum absolute atomic E-state index is 13.1. The first-order valence-corrected chi connectivity index (χ1v) is 24.5. The molecule has 7 aromatic rings. The topological polar surface area (TPSA) is 322 Å². The number of carbonyl (C=O) groups is 4. The summed E-state index contributed by atoms with van der Waals surface area (Å²) in [7, 11) is -3.95. The van der Waals surface area contributed by atoms with Gasteiger partial charge in [0.2, 0.25) is 11.8 Å². The van der Waals surface area contributed by atoms with Crippen LogP contribution in [0, 0.1) is 18.3 Å². The molecule has 23 nitrogen and oxygen atoms in total. The summed E-state index contributed by atoms with van der Waals surface area (Å²) in [6.07, 6.45) is 0.665. The van der Waals surface area contributed by atoms with Crippen molar-refractivity contribution in [3.63, 3.8) is 0 Å². The largest absolute Gasteiger partial charge is 0.444 e. The number of halogens is 3. The summed E-state index contributed by atoms with van der Waals surface area (Å²) in [4.78, 5) is 61.3. The second kappa shape index (κ2) is 25.5. The lowest BCUT2D eigenvalue weighted by Gasteiger charge is -2.11. The first-order chi connectivity index (χ1) is 36.5. The number of H-pyrrole nitrogens is 1. The zero-order valence-corrected chi connectivity index (χ0v) is 41.2. The van der Waals surface area contributed by atoms with Crippen LogP contribution in [0.4, 0.5) is 30.4 Å². The van der Waals surface area contributed by atoms with Crippen molar-refractivity contribution in [3.05, 3.63) is 131 Å². The van der Waals surface area contributed by atoms with E-state index in [9.17, 15) is 46.0 Å². The van der Waals surface area contributed by atoms with E-state index in [1.807, 2.05) is 6.92 Å². The molecule has 0 aliphatic carbocycles. The minimum absolute atomic E-state index is 0.0248. The third kappa shape index (κ3) is 15.2. The Balaban J connectivity index is 0.716. The molecule has 76 heavy (non-hydrogen) atoms. The molecular formula is C49H49F3N12O11S. The van der Waals surface area contributed by atoms with E-state index < -0.39 is 34.6 Å². The first kappa shape index (κ1) is 55.1. The number of aromatic nitrogens is 5. The average molecular weight is 1070 g/mol. The smallest absolute Gasteiger partial charge is 0.405 e. The van der Waals surface area contributed by atoms with Gasteiger partial charge in [0.25, 0.3) is 27.7 Å². The molecule has 4 aromatic heterocycles. The van der Waals surface area contributed by atoms with Crippen LogP contribution in [0.1, 0.15) is 48.0 Å². The number of carbonyl (C=O) groups excluding carboxylic acids is 4. The Hall–Kier alpha value is -8.68. The zero-order valence-electron chi connectivity index (χ0n) is 40.4. The molecule has 0 radical (unpaired) electrons. The molecule has 0 bridgehead atoms. The highest BCUT2D eigenvalue weighted by Gasteiger charge is 2.27. The summed E-state index contributed by atoms with van der Waals surface area (Å²) >= 11 is 0. The van der Waals surface area contributed by atoms with Crippen LogP contribution in [0.15, 0.2) is 107 Å². The van der Waals surface area contributed by atoms with Gasteiger partial charge in [-0.1, -0.05) is 18.2 Å². The molecule has 0 saturated carbocycles. The second-order valence-electron chi connectivity index (χ2n) is 16.3. The van der Waals surface area contributed by atoms with E-state index in [2.05, 4.69) is 52.1 Å². The van der Waals surface area contributed by atoms with Gasteiger partial charge in [0.15, 0.2) is 11.4 Å². The Kier molecular flexibility index (Phi) is 18.5. The van der Waals surface area contributed by atoms with Crippen LogP contribution in [0.2, 0.25) is 0 Å². The minimum atomic E-state index is -4.47. The number of fused-ring (bicyclic) bond motifs is 1. The third-order valence-corrected chi connectivity index (χ3v) is 12.2. The maximum Gasteiger partial charge on any atom is 0.405 e. The Morgan fingerprint density at radius 3 is 2.25 bits per heavy atom. The number of aryl methyl sites for hydroxylation is 1. The number of anilines is 3. The number of aromatic amines is 1. The molecule has 0 saturated heterocycles. The molecule has 0 fully saturated rings. The van der Waals surface area contributed by atoms with E-state index in [4.69, 9.17) is 29.1 Å². The SMILES string of the molecule is Cc1ccc(NS(=O)(=O)c2ccc(CNC(=O)COCCOCCOCCOCCNC(=O)c3ccc(-n4cc(NC(=O)c5coc(-c6ccnc(NCC(F)(F)F)c6)n5)c(C(N)=O)n4)cc3)cc2)c2[nH]cc(C#N)c12. The van der Waals surface area contributed by atoms with Crippen molar-refractivity contribution in [3.8, 4) is 23.2 Å². The van der Waals surface area contributed by atoms with Gasteiger partial charge in [-0.25, -0.2) is 23.1 Å². The number of oxazole rings is 1. The second-order valence-corrected chi connectivity index (χ2v) is 18.0. The van der Waals surface area contributed by atoms with Crippen LogP contribution < -0.4 is 31.7 Å². The molecule has 0 spiro atoms. The van der Waals surface area contributed by atoms with E-state index in [0.717, 1.165) is 11.8 Å². The minimum Gasteiger partial charge on any atom is -0.444 e. The fourth-order valence-electron chi connectivity index (χ4n) is 7.09. The van der Waals surface area contributed by atoms with E-state index >= 15 is 0 Å². The van der Waals surface area contributed by atoms with Crippen LogP contribution in [0.25, 0.3) is 28.0 Å². The van der Waals surface area contributed by atoms with Gasteiger partial charge in [0.1, 0.15) is 31.3 Å². The van der Waals surface area contributed by atoms with Crippen LogP contribution in [-0.4, -0.2) is 129 Å². The van der Waals surface area contributed by atoms with Crippen LogP contribution in [0.5, 0.6) is 0 Å². The summed E-state index contributed by atoms with van der Waals surface area (Å²) in [6.45, 7) is 2.41. The molecule has 8 N–H and O–H groups in total. The quantitative estimate of drug-likeness (QED) is 0.0340. The number of alkyl halides is 3. The number of sulfonamides is 1. The third-order valence-electron chi connectivity index (χ3n) is 10.8. The number of pyridine rings is 1. The number of amides is 4. The van der Waals surface area contributed by atoms with Crippen LogP contribution in [0.3, 0.4) is 0 Å². The van der Waals surface area contributed by atoms with Gasteiger partial charge in [-0.2, -0.15) is 23.5 Å². The van der Waals surface area contributed by atoms with Gasteiger partial charge in [-0.05, 0) is 72.6 Å². The summed E-state index contributed by atoms with van der Waals surface area (Å²) in [5.41, 5.74) is 8.69. The average Bonchev–Trinajstić information content (AvgIpc) is 4.19. The van der Waals surface area contributed by atoms with Gasteiger partial charge < -0.3 is 55.3 Å². The lowest BCUT2D eigenvalue weighted by molar-refractivity contribution is -0.126. The number of primary amides is 1. The molecule has 0 aliphatic heterocycles. The number of nitriles is 1. The monoisotopic (exact) mass is 1070 g/mol. The van der Waals surface area contributed by atoms with Gasteiger partial charge in [-0.3, -0.25) is 23.9 Å². The van der Waals surface area contributed by atoms with Crippen LogP contribution in [-0.2, 0) is 40.3 Å². The van der Waals surface area contributed by atoms with E-state index in [-0.39, 0.29) is 117 Å². The van der Waals surface area contributed by atoms with Gasteiger partial charge in [0.05, 0.1) is 85.5 Å². The highest BCUT2D eigenvalue weighted by atomic mass is 32.2. The predicted molar refractivity (Wildman–Crippen MR) is 267 cm³/mol. The summed E-state index contributed by atoms with van der Waals surface area (Å²) in [6, 6.07) is 20.4. The molecule has 27 heteroatoms. The van der Waals surface area contributed by atoms with E-state index in [1.165, 1.54) is 59.7 Å². The van der Waals surface area contributed by atoms with Gasteiger partial charge in [0, 0.05) is 42.0 Å². The van der Waals surface area contributed by atoms with Crippen molar-refractivity contribution in [2.75, 3.05) is 81.3 Å². The Morgan fingerprint density at radius 1 is 0.868 bits per heavy atom. The van der Waals surface area contributed by atoms with Crippen molar-refractivity contribution >= 4 is 61.7 Å². The number of nitrogens with two attached hydrogens (primary N) is 1. The van der Waals surface area contributed by atoms with Gasteiger partial charge >= 0.3 is 6.18 Å². The summed E-state index contributed by atoms with van der Waals surface area (Å²) in [5.74, 6) is -2.67. The maximum atomic E-state index is 13.1. The number of nitrogens with one attached hydrogen (secondary N) is 6. The number of hydrogen-bond donors (Lipinski definition) is 7. The number of benzene rings is 3. The normalized spacial score (nSPS) is 11.5. The number of rotatable bonds is 27. The van der Waals surface area contributed by atoms with E-state index in [0.29, 0.717) is 39.0 Å². The van der Waals surface area contributed by atoms with Crippen molar-refractivity contribution in [2.24, 2.45) is 5.73 Å². The lowest BCUT2D eigenvalue weighted by Crippen LogP contribution is -2.28. The molecule has 0 atom stereocenters. The van der Waals surface area contributed by atoms with Crippen molar-refractivity contribution in [1.82, 2.24) is 35.4 Å². The molecule has 0 aliphatic rings. The van der Waals surface area contributed by atoms with Crippen molar-refractivity contribution in [2.45, 2.75) is 24.5 Å². The summed E-state index contributed by atoms with van der Waals surface area (Å²) in [5, 5.41) is 24.3. The highest BCUT2D eigenvalue weighted by molar-refractivity contribution is 7.92. The van der Waals surface area contributed by atoms with Gasteiger partial charge in [-0.15, -0.1) is 0 Å². The van der Waals surface area contributed by atoms with Crippen LogP contribution >= 0.6 is 0 Å². The molecule has 7 rings (SSSR count). The zero-order chi connectivity index (χ0) is 54.2. The Bertz CT molecular complexity index is 3320. The molecular weight excluding hydrogens is 1020 g/mol. The predicted octanol–water partition coefficient (Wildman–Crippen LogP) is 4.82. The number of hydrogen-bond acceptors (Lipinski definition) is 16. The fraction of sp³-hybridized carbons (Fsp3) is 0.265. The summed E-state index contributed by atoms with van der Waals surface area (Å²) < 4.78 is 95.2. The highest BCUT2D eigenvalue weighted by Crippen LogP contribution is 2.30. The number of ether oxygens (including phenoxy) is 4. The molecule has 4 heterocycles. The molecule has 4 amide bonds. The van der Waals surface area contributed by atoms with Crippen molar-refractivity contribution in [1.29, 1.82) is 5.26 Å². The Labute approximate surface area is 431 Å². The Morgan fingerprint density at radius 2 is 1.57 bits per heavy atom. The fourth-order valence-corrected chi connectivity index (χ4v) is 8.16. The van der Waals surface area contributed by atoms with E-state index in [1.54, 1.807) is 36.4 Å². The number of nitrogens with zero attached hydrogens (tertiary/aromatic N) is 5. The molecule has 0 unspecified atom stereocenters. The standard InChI is InChI=1S/C49H49F3N12O11S/c1-30-2-11-37(43-42(30)34(23-53)25-58-43)63-76(69,70)36-9-3-31(4-10-36)24-57-41(65)28-74-21-20-73-19-18-72-17-16-71-15-14-56-46(67)32-5-7-35(8-6-32)64-26-38(44(62-64)45(54)66)60-47(68)39-27-75-48(61-39)33-12-13-55-40(22-33)59-29-49(50,51)52/h2-13,22,25-27,58,63H,14-21,24,28-29H2,1H3,(H2,54,66)(H,55,59)(H,56,67)(H,57,65)(H,60,68).